The number of halogens is 1. The molecule has 0 aliphatic rings. The summed E-state index contributed by atoms with van der Waals surface area (Å²) in [5.74, 6) is 2.91. The first-order valence-corrected chi connectivity index (χ1v) is 17.3. The fraction of sp³-hybridized carbons (Fsp3) is 0.833. The highest BCUT2D eigenvalue weighted by Crippen LogP contribution is 2.41. The zero-order chi connectivity index (χ0) is 23.1. The Balaban J connectivity index is 5.58. The first kappa shape index (κ1) is 28.9. The van der Waals surface area contributed by atoms with Crippen LogP contribution in [-0.2, 0) is 8.85 Å². The van der Waals surface area contributed by atoms with Crippen molar-refractivity contribution in [2.75, 3.05) is 0 Å². The van der Waals surface area contributed by atoms with Crippen molar-refractivity contribution in [2.24, 2.45) is 0 Å². The van der Waals surface area contributed by atoms with Gasteiger partial charge in [-0.15, -0.1) is 24.6 Å². The van der Waals surface area contributed by atoms with Crippen molar-refractivity contribution in [1.29, 1.82) is 0 Å². The van der Waals surface area contributed by atoms with Gasteiger partial charge in [-0.05, 0) is 55.5 Å². The molecule has 170 valence electrons. The smallest absolute Gasteiger partial charge is 0.193 e. The largest absolute Gasteiger partial charge is 0.409 e. The normalized spacial score (nSPS) is 16.8. The predicted octanol–water partition coefficient (Wildman–Crippen LogP) is 8.14. The lowest BCUT2D eigenvalue weighted by molar-refractivity contribution is 0.0638. The monoisotopic (exact) mass is 458 g/mol. The van der Waals surface area contributed by atoms with Gasteiger partial charge < -0.3 is 8.85 Å². The van der Waals surface area contributed by atoms with Crippen molar-refractivity contribution in [2.45, 2.75) is 127 Å². The summed E-state index contributed by atoms with van der Waals surface area (Å²) in [6.45, 7) is 26.2. The van der Waals surface area contributed by atoms with Crippen molar-refractivity contribution >= 4 is 28.2 Å². The molecule has 0 radical (unpaired) electrons. The second-order valence-electron chi connectivity index (χ2n) is 11.3. The van der Waals surface area contributed by atoms with E-state index in [1.807, 2.05) is 6.08 Å². The number of terminal acetylenes is 1. The van der Waals surface area contributed by atoms with E-state index < -0.39 is 22.7 Å². The lowest BCUT2D eigenvalue weighted by atomic mass is 10.0. The van der Waals surface area contributed by atoms with E-state index in [0.29, 0.717) is 0 Å². The van der Waals surface area contributed by atoms with Gasteiger partial charge in [0.2, 0.25) is 0 Å². The Kier molecular flexibility index (Phi) is 11.5. The van der Waals surface area contributed by atoms with Crippen molar-refractivity contribution in [1.82, 2.24) is 0 Å². The Morgan fingerprint density at radius 3 is 1.83 bits per heavy atom. The molecule has 0 fully saturated rings. The van der Waals surface area contributed by atoms with Gasteiger partial charge in [0.05, 0.1) is 11.5 Å². The molecule has 29 heavy (non-hydrogen) atoms. The van der Waals surface area contributed by atoms with Crippen LogP contribution >= 0.6 is 11.6 Å². The molecule has 0 saturated carbocycles. The molecular weight excluding hydrogens is 412 g/mol. The highest BCUT2D eigenvalue weighted by molar-refractivity contribution is 6.74. The number of alkyl halides is 1. The van der Waals surface area contributed by atoms with Gasteiger partial charge in [-0.3, -0.25) is 0 Å². The van der Waals surface area contributed by atoms with Crippen LogP contribution in [0.4, 0.5) is 0 Å². The van der Waals surface area contributed by atoms with E-state index in [1.54, 1.807) is 0 Å². The molecule has 0 saturated heterocycles. The molecule has 5 heteroatoms. The average molecular weight is 459 g/mol. The van der Waals surface area contributed by atoms with Crippen molar-refractivity contribution in [3.05, 3.63) is 12.7 Å². The predicted molar refractivity (Wildman–Crippen MR) is 136 cm³/mol. The Morgan fingerprint density at radius 2 is 1.41 bits per heavy atom. The lowest BCUT2D eigenvalue weighted by Crippen LogP contribution is -2.54. The highest BCUT2D eigenvalue weighted by atomic mass is 35.5. The van der Waals surface area contributed by atoms with Gasteiger partial charge in [-0.2, -0.15) is 0 Å². The lowest BCUT2D eigenvalue weighted by Gasteiger charge is -2.45. The second kappa shape index (κ2) is 11.5. The second-order valence-corrected chi connectivity index (χ2v) is 21.3. The van der Waals surface area contributed by atoms with Crippen LogP contribution in [0.25, 0.3) is 0 Å². The van der Waals surface area contributed by atoms with Gasteiger partial charge in [0, 0.05) is 0 Å². The zero-order valence-corrected chi connectivity index (χ0v) is 23.6. The maximum atomic E-state index is 6.95. The minimum Gasteiger partial charge on any atom is -0.409 e. The third-order valence-electron chi connectivity index (χ3n) is 6.67. The summed E-state index contributed by atoms with van der Waals surface area (Å²) in [5, 5.41) is 0.0107. The molecule has 3 atom stereocenters. The van der Waals surface area contributed by atoms with E-state index in [1.165, 1.54) is 0 Å². The van der Waals surface area contributed by atoms with E-state index in [4.69, 9.17) is 26.9 Å². The molecule has 2 nitrogen and oxygen atoms in total. The molecule has 0 spiro atoms. The summed E-state index contributed by atoms with van der Waals surface area (Å²) < 4.78 is 13.4. The van der Waals surface area contributed by atoms with Gasteiger partial charge in [0.25, 0.3) is 0 Å². The first-order valence-electron chi connectivity index (χ1n) is 11.1. The minimum atomic E-state index is -2.05. The topological polar surface area (TPSA) is 18.5 Å². The number of rotatable bonds is 12. The van der Waals surface area contributed by atoms with Crippen LogP contribution in [0.2, 0.25) is 36.3 Å². The fourth-order valence-corrected chi connectivity index (χ4v) is 5.44. The fourth-order valence-electron chi connectivity index (χ4n) is 2.50. The number of unbranched alkanes of at least 4 members (excludes halogenated alkanes) is 3. The van der Waals surface area contributed by atoms with Crippen molar-refractivity contribution in [3.63, 3.8) is 0 Å². The van der Waals surface area contributed by atoms with Crippen LogP contribution in [0.5, 0.6) is 0 Å². The minimum absolute atomic E-state index is 0.0795. The summed E-state index contributed by atoms with van der Waals surface area (Å²) in [6.07, 6.45) is 12.6. The quantitative estimate of drug-likeness (QED) is 0.0964. The van der Waals surface area contributed by atoms with Gasteiger partial charge in [-0.25, -0.2) is 0 Å². The number of hydrogen-bond donors (Lipinski definition) is 0. The van der Waals surface area contributed by atoms with Crippen molar-refractivity contribution in [3.8, 4) is 12.3 Å². The Labute approximate surface area is 189 Å². The Morgan fingerprint density at radius 1 is 0.931 bits per heavy atom. The summed E-state index contributed by atoms with van der Waals surface area (Å²) >= 11 is 6.95. The van der Waals surface area contributed by atoms with E-state index in [9.17, 15) is 0 Å². The number of allylic oxidation sites excluding steroid dienone is 1. The Bertz CT molecular complexity index is 539. The SMILES string of the molecule is C#C[C@@H](O[Si](C)(C)C(C)(C)C)[C@@H](O[Si](C)(C)C(C)(C)C)[C@@H](Cl)CCCCCC=C. The average Bonchev–Trinajstić information content (AvgIpc) is 2.55. The van der Waals surface area contributed by atoms with Gasteiger partial charge in [0.15, 0.2) is 16.6 Å². The highest BCUT2D eigenvalue weighted by Gasteiger charge is 2.46. The first-order chi connectivity index (χ1) is 13.0. The molecular formula is C24H47ClO2Si2. The third kappa shape index (κ3) is 9.31. The summed E-state index contributed by atoms with van der Waals surface area (Å²) in [4.78, 5) is 0. The molecule has 0 unspecified atom stereocenters. The molecule has 0 aromatic rings. The van der Waals surface area contributed by atoms with Gasteiger partial charge in [0.1, 0.15) is 6.10 Å². The molecule has 0 aromatic heterocycles. The standard InChI is InChI=1S/C24H47ClO2Si2/c1-13-15-16-17-18-19-20(25)22(27-29(11,12)24(6,7)8)21(14-2)26-28(9,10)23(3,4)5/h2,13,20-22H,1,15-19H2,3-12H3/t20-,21+,22-/m0/s1. The maximum absolute atomic E-state index is 6.95. The van der Waals surface area contributed by atoms with Crippen LogP contribution in [0.1, 0.15) is 73.6 Å². The van der Waals surface area contributed by atoms with Gasteiger partial charge >= 0.3 is 0 Å². The van der Waals surface area contributed by atoms with E-state index in [0.717, 1.165) is 32.1 Å². The Hall–Kier alpha value is -0.0562. The van der Waals surface area contributed by atoms with Crippen LogP contribution in [0.3, 0.4) is 0 Å². The van der Waals surface area contributed by atoms with Gasteiger partial charge in [-0.1, -0.05) is 66.4 Å². The van der Waals surface area contributed by atoms with Crippen molar-refractivity contribution < 1.29 is 8.85 Å². The molecule has 0 aliphatic heterocycles. The van der Waals surface area contributed by atoms with Crippen LogP contribution in [0, 0.1) is 12.3 Å². The summed E-state index contributed by atoms with van der Waals surface area (Å²) in [7, 11) is -4.09. The third-order valence-corrected chi connectivity index (χ3v) is 16.1. The van der Waals surface area contributed by atoms with E-state index in [-0.39, 0.29) is 21.6 Å². The molecule has 0 bridgehead atoms. The molecule has 0 aromatic carbocycles. The molecule has 0 rings (SSSR count). The van der Waals surface area contributed by atoms with E-state index >= 15 is 0 Å². The summed E-state index contributed by atoms with van der Waals surface area (Å²) in [6, 6.07) is 0. The maximum Gasteiger partial charge on any atom is 0.193 e. The molecule has 0 N–H and O–H groups in total. The molecule has 0 amide bonds. The number of hydrogen-bond acceptors (Lipinski definition) is 2. The van der Waals surface area contributed by atoms with E-state index in [2.05, 4.69) is 80.2 Å². The van der Waals surface area contributed by atoms with Crippen LogP contribution in [0.15, 0.2) is 12.7 Å². The summed E-state index contributed by atoms with van der Waals surface area (Å²) in [5.41, 5.74) is 0. The van der Waals surface area contributed by atoms with Crippen LogP contribution < -0.4 is 0 Å². The molecule has 0 aliphatic carbocycles. The molecule has 0 heterocycles. The van der Waals surface area contributed by atoms with Crippen LogP contribution in [-0.4, -0.2) is 34.2 Å². The zero-order valence-electron chi connectivity index (χ0n) is 20.8.